The molecule has 0 aromatic carbocycles. The molecule has 1 aliphatic heterocycles. The number of hydrogen-bond donors (Lipinski definition) is 1. The first kappa shape index (κ1) is 13.7. The monoisotopic (exact) mass is 265 g/mol. The quantitative estimate of drug-likeness (QED) is 0.886. The summed E-state index contributed by atoms with van der Waals surface area (Å²) in [6.45, 7) is 6.64. The molecule has 1 fully saturated rings. The van der Waals surface area contributed by atoms with Crippen LogP contribution in [0.5, 0.6) is 0 Å². The normalized spacial score (nSPS) is 17.4. The van der Waals surface area contributed by atoms with Gasteiger partial charge in [0.2, 0.25) is 0 Å². The van der Waals surface area contributed by atoms with Gasteiger partial charge in [-0.25, -0.2) is 4.98 Å². The lowest BCUT2D eigenvalue weighted by Crippen LogP contribution is -2.25. The maximum atomic E-state index is 4.46. The van der Waals surface area contributed by atoms with Gasteiger partial charge in [-0.15, -0.1) is 0 Å². The largest absolute Gasteiger partial charge is 0.370 e. The highest BCUT2D eigenvalue weighted by Crippen LogP contribution is 2.13. The van der Waals surface area contributed by atoms with Gasteiger partial charge in [-0.3, -0.25) is 4.90 Å². The summed E-state index contributed by atoms with van der Waals surface area (Å²) in [5.41, 5.74) is 1.32. The summed E-state index contributed by atoms with van der Waals surface area (Å²) in [7, 11) is 0. The first-order valence-corrected chi connectivity index (χ1v) is 8.03. The molecule has 0 atom stereocenters. The molecule has 0 amide bonds. The summed E-state index contributed by atoms with van der Waals surface area (Å²) in [6, 6.07) is 4.29. The number of rotatable bonds is 5. The second-order valence-corrected chi connectivity index (χ2v) is 5.95. The molecule has 2 heterocycles. The Hall–Kier alpha value is -0.740. The van der Waals surface area contributed by atoms with Crippen LogP contribution in [0.4, 0.5) is 5.82 Å². The van der Waals surface area contributed by atoms with E-state index in [1.165, 1.54) is 36.6 Å². The van der Waals surface area contributed by atoms with Crippen molar-refractivity contribution >= 4 is 17.6 Å². The molecule has 0 aliphatic carbocycles. The fraction of sp³-hybridized carbons (Fsp3) is 0.643. The van der Waals surface area contributed by atoms with E-state index >= 15 is 0 Å². The summed E-state index contributed by atoms with van der Waals surface area (Å²) in [6.07, 6.45) is 4.46. The average molecular weight is 265 g/mol. The molecule has 0 spiro atoms. The van der Waals surface area contributed by atoms with Crippen LogP contribution in [-0.2, 0) is 6.54 Å². The van der Waals surface area contributed by atoms with Crippen molar-refractivity contribution < 1.29 is 0 Å². The first-order chi connectivity index (χ1) is 8.88. The number of aromatic nitrogens is 1. The molecule has 0 unspecified atom stereocenters. The Balaban J connectivity index is 1.84. The van der Waals surface area contributed by atoms with E-state index in [2.05, 4.69) is 46.0 Å². The van der Waals surface area contributed by atoms with Gasteiger partial charge in [0, 0.05) is 31.6 Å². The van der Waals surface area contributed by atoms with E-state index in [9.17, 15) is 0 Å². The van der Waals surface area contributed by atoms with E-state index in [4.69, 9.17) is 0 Å². The molecule has 1 saturated heterocycles. The first-order valence-electron chi connectivity index (χ1n) is 6.87. The molecule has 2 rings (SSSR count). The van der Waals surface area contributed by atoms with Crippen molar-refractivity contribution in [3.05, 3.63) is 23.9 Å². The molecule has 0 radical (unpaired) electrons. The van der Waals surface area contributed by atoms with E-state index in [0.717, 1.165) is 25.3 Å². The lowest BCUT2D eigenvalue weighted by atomic mass is 10.2. The summed E-state index contributed by atoms with van der Waals surface area (Å²) in [5, 5.41) is 3.31. The minimum atomic E-state index is 0.993. The van der Waals surface area contributed by atoms with Crippen molar-refractivity contribution in [1.29, 1.82) is 0 Å². The topological polar surface area (TPSA) is 28.2 Å². The van der Waals surface area contributed by atoms with Gasteiger partial charge in [-0.1, -0.05) is 13.0 Å². The summed E-state index contributed by atoms with van der Waals surface area (Å²) >= 11 is 2.07. The Labute approximate surface area is 114 Å². The van der Waals surface area contributed by atoms with Crippen LogP contribution in [0.25, 0.3) is 0 Å². The minimum Gasteiger partial charge on any atom is -0.370 e. The van der Waals surface area contributed by atoms with Gasteiger partial charge in [-0.05, 0) is 36.8 Å². The van der Waals surface area contributed by atoms with Crippen LogP contribution in [0.1, 0.15) is 25.3 Å². The molecular weight excluding hydrogens is 242 g/mol. The maximum absolute atomic E-state index is 4.46. The molecule has 1 N–H and O–H groups in total. The number of hydrogen-bond acceptors (Lipinski definition) is 4. The molecule has 3 nitrogen and oxygen atoms in total. The van der Waals surface area contributed by atoms with Gasteiger partial charge in [-0.2, -0.15) is 11.8 Å². The molecule has 18 heavy (non-hydrogen) atoms. The van der Waals surface area contributed by atoms with E-state index in [0.29, 0.717) is 0 Å². The van der Waals surface area contributed by atoms with Crippen LogP contribution in [0.2, 0.25) is 0 Å². The highest BCUT2D eigenvalue weighted by atomic mass is 32.2. The third-order valence-corrected chi connectivity index (χ3v) is 4.15. The van der Waals surface area contributed by atoms with E-state index < -0.39 is 0 Å². The zero-order valence-corrected chi connectivity index (χ0v) is 12.0. The van der Waals surface area contributed by atoms with Crippen LogP contribution in [0, 0.1) is 0 Å². The Bertz CT molecular complexity index is 331. The average Bonchev–Trinajstić information content (AvgIpc) is 2.67. The Morgan fingerprint density at radius 1 is 1.33 bits per heavy atom. The van der Waals surface area contributed by atoms with Crippen molar-refractivity contribution in [2.75, 3.05) is 36.5 Å². The smallest absolute Gasteiger partial charge is 0.125 e. The van der Waals surface area contributed by atoms with Crippen LogP contribution in [0.15, 0.2) is 18.3 Å². The Morgan fingerprint density at radius 2 is 2.28 bits per heavy atom. The van der Waals surface area contributed by atoms with Crippen molar-refractivity contribution in [3.8, 4) is 0 Å². The molecular formula is C14H23N3S. The predicted molar refractivity (Wildman–Crippen MR) is 80.2 cm³/mol. The molecule has 100 valence electrons. The van der Waals surface area contributed by atoms with Gasteiger partial charge in [0.05, 0.1) is 0 Å². The standard InChI is InChI=1S/C14H23N3S/c1-2-6-15-14-5-4-13(11-16-14)12-17-7-3-9-18-10-8-17/h4-5,11H,2-3,6-10,12H2,1H3,(H,15,16). The zero-order valence-electron chi connectivity index (χ0n) is 11.2. The second-order valence-electron chi connectivity index (χ2n) is 4.72. The fourth-order valence-electron chi connectivity index (χ4n) is 2.09. The third kappa shape index (κ3) is 4.50. The lowest BCUT2D eigenvalue weighted by molar-refractivity contribution is 0.287. The van der Waals surface area contributed by atoms with Crippen molar-refractivity contribution in [1.82, 2.24) is 9.88 Å². The van der Waals surface area contributed by atoms with Gasteiger partial charge in [0.1, 0.15) is 5.82 Å². The Kier molecular flexibility index (Phi) is 5.81. The third-order valence-electron chi connectivity index (χ3n) is 3.10. The fourth-order valence-corrected chi connectivity index (χ4v) is 3.01. The maximum Gasteiger partial charge on any atom is 0.125 e. The van der Waals surface area contributed by atoms with Crippen molar-refractivity contribution in [2.45, 2.75) is 26.3 Å². The van der Waals surface area contributed by atoms with Crippen LogP contribution in [0.3, 0.4) is 0 Å². The number of nitrogens with zero attached hydrogens (tertiary/aromatic N) is 2. The van der Waals surface area contributed by atoms with Gasteiger partial charge >= 0.3 is 0 Å². The summed E-state index contributed by atoms with van der Waals surface area (Å²) < 4.78 is 0. The molecule has 1 aromatic rings. The van der Waals surface area contributed by atoms with E-state index in [1.807, 2.05) is 6.20 Å². The summed E-state index contributed by atoms with van der Waals surface area (Å²) in [4.78, 5) is 7.00. The SMILES string of the molecule is CCCNc1ccc(CN2CCCSCC2)cn1. The zero-order chi connectivity index (χ0) is 12.6. The highest BCUT2D eigenvalue weighted by molar-refractivity contribution is 7.99. The van der Waals surface area contributed by atoms with Crippen molar-refractivity contribution in [2.24, 2.45) is 0 Å². The van der Waals surface area contributed by atoms with Crippen LogP contribution >= 0.6 is 11.8 Å². The van der Waals surface area contributed by atoms with Crippen molar-refractivity contribution in [3.63, 3.8) is 0 Å². The van der Waals surface area contributed by atoms with Gasteiger partial charge in [0.15, 0.2) is 0 Å². The predicted octanol–water partition coefficient (Wildman–Crippen LogP) is 2.84. The number of nitrogens with one attached hydrogen (secondary N) is 1. The number of thioether (sulfide) groups is 1. The molecule has 0 saturated carbocycles. The van der Waals surface area contributed by atoms with Gasteiger partial charge in [0.25, 0.3) is 0 Å². The molecule has 1 aromatic heterocycles. The Morgan fingerprint density at radius 3 is 3.06 bits per heavy atom. The highest BCUT2D eigenvalue weighted by Gasteiger charge is 2.09. The summed E-state index contributed by atoms with van der Waals surface area (Å²) in [5.74, 6) is 3.57. The minimum absolute atomic E-state index is 0.993. The number of anilines is 1. The second kappa shape index (κ2) is 7.64. The molecule has 0 bridgehead atoms. The van der Waals surface area contributed by atoms with E-state index in [1.54, 1.807) is 0 Å². The van der Waals surface area contributed by atoms with Gasteiger partial charge < -0.3 is 5.32 Å². The van der Waals surface area contributed by atoms with Crippen LogP contribution < -0.4 is 5.32 Å². The molecule has 4 heteroatoms. The molecule has 1 aliphatic rings. The van der Waals surface area contributed by atoms with Crippen LogP contribution in [-0.4, -0.2) is 41.0 Å². The number of pyridine rings is 1. The van der Waals surface area contributed by atoms with E-state index in [-0.39, 0.29) is 0 Å². The lowest BCUT2D eigenvalue weighted by Gasteiger charge is -2.19.